The van der Waals surface area contributed by atoms with Crippen molar-refractivity contribution in [1.82, 2.24) is 0 Å². The van der Waals surface area contributed by atoms with Gasteiger partial charge in [0.05, 0.1) is 0 Å². The molecule has 0 radical (unpaired) electrons. The minimum Gasteiger partial charge on any atom is -0.445 e. The van der Waals surface area contributed by atoms with E-state index in [1.807, 2.05) is 52.8 Å². The standard InChI is InChI=1S/C15H19NO2.C15H19NOS.2C2H6/c1-4-11-9-15(17)18-14-10-12(7-8-13(11)14)16(5-2)6-3;1-4-11-9-15(18)17-14-10-12(7-8-13(11)14)16(5-2)6-3;2*1-2/h2*7-10H,4-6H2,1-3H3;2*1-2H3. The highest BCUT2D eigenvalue weighted by Crippen LogP contribution is 2.26. The van der Waals surface area contributed by atoms with Gasteiger partial charge in [-0.1, -0.05) is 41.5 Å². The molecule has 0 N–H and O–H groups in total. The third-order valence-corrected chi connectivity index (χ3v) is 6.85. The molecule has 0 unspecified atom stereocenters. The molecule has 5 nitrogen and oxygen atoms in total. The molecule has 6 heteroatoms. The minimum absolute atomic E-state index is 0.268. The van der Waals surface area contributed by atoms with E-state index in [1.54, 1.807) is 6.07 Å². The number of aryl methyl sites for hydroxylation is 2. The molecule has 2 aromatic carbocycles. The van der Waals surface area contributed by atoms with E-state index < -0.39 is 0 Å². The molecule has 2 heterocycles. The molecule has 220 valence electrons. The zero-order valence-electron chi connectivity index (χ0n) is 26.4. The number of nitrogens with zero attached hydrogens (tertiary/aromatic N) is 2. The van der Waals surface area contributed by atoms with Crippen LogP contribution in [-0.2, 0) is 12.8 Å². The molecule has 0 aliphatic carbocycles. The molecule has 2 aromatic heterocycles. The zero-order valence-corrected chi connectivity index (χ0v) is 27.2. The molecule has 40 heavy (non-hydrogen) atoms. The van der Waals surface area contributed by atoms with Crippen molar-refractivity contribution in [3.05, 3.63) is 74.8 Å². The van der Waals surface area contributed by atoms with Crippen molar-refractivity contribution in [3.63, 3.8) is 0 Å². The van der Waals surface area contributed by atoms with Crippen LogP contribution in [0.2, 0.25) is 0 Å². The zero-order chi connectivity index (χ0) is 30.2. The molecular formula is C34H50N2O3S. The summed E-state index contributed by atoms with van der Waals surface area (Å²) < 4.78 is 11.5. The number of anilines is 2. The smallest absolute Gasteiger partial charge is 0.336 e. The van der Waals surface area contributed by atoms with E-state index in [1.165, 1.54) is 16.6 Å². The van der Waals surface area contributed by atoms with Crippen molar-refractivity contribution in [2.45, 2.75) is 82.1 Å². The van der Waals surface area contributed by atoms with Crippen LogP contribution >= 0.6 is 12.2 Å². The summed E-state index contributed by atoms with van der Waals surface area (Å²) in [7, 11) is 0. The quantitative estimate of drug-likeness (QED) is 0.156. The van der Waals surface area contributed by atoms with E-state index in [2.05, 4.69) is 68.7 Å². The Kier molecular flexibility index (Phi) is 15.9. The van der Waals surface area contributed by atoms with Crippen LogP contribution in [0.1, 0.15) is 80.4 Å². The SMILES string of the molecule is CC.CC.CCc1cc(=O)oc2cc(N(CC)CC)ccc12.CCc1cc(=S)oc2cc(N(CC)CC)ccc12. The summed E-state index contributed by atoms with van der Waals surface area (Å²) in [5.41, 5.74) is 5.91. The van der Waals surface area contributed by atoms with Gasteiger partial charge in [0.15, 0.2) is 4.71 Å². The molecule has 0 saturated heterocycles. The van der Waals surface area contributed by atoms with Gasteiger partial charge in [-0.05, 0) is 94.2 Å². The Labute approximate surface area is 246 Å². The highest BCUT2D eigenvalue weighted by Gasteiger charge is 2.09. The second-order valence-corrected chi connectivity index (χ2v) is 9.00. The van der Waals surface area contributed by atoms with Crippen LogP contribution < -0.4 is 15.4 Å². The normalized spacial score (nSPS) is 10.1. The van der Waals surface area contributed by atoms with Gasteiger partial charge in [0.25, 0.3) is 0 Å². The van der Waals surface area contributed by atoms with Crippen molar-refractivity contribution in [2.24, 2.45) is 0 Å². The minimum atomic E-state index is -0.268. The summed E-state index contributed by atoms with van der Waals surface area (Å²) >= 11 is 5.18. The molecule has 0 aliphatic heterocycles. The molecule has 0 atom stereocenters. The third-order valence-electron chi connectivity index (χ3n) is 6.65. The summed E-state index contributed by atoms with van der Waals surface area (Å²) in [6.07, 6.45) is 1.81. The Balaban J connectivity index is 0.000000356. The number of fused-ring (bicyclic) bond motifs is 2. The molecular weight excluding hydrogens is 516 g/mol. The number of rotatable bonds is 8. The summed E-state index contributed by atoms with van der Waals surface area (Å²) in [5, 5.41) is 2.20. The van der Waals surface area contributed by atoms with Crippen LogP contribution in [0.3, 0.4) is 0 Å². The van der Waals surface area contributed by atoms with Gasteiger partial charge in [-0.25, -0.2) is 4.79 Å². The van der Waals surface area contributed by atoms with Gasteiger partial charge in [0, 0.05) is 66.5 Å². The monoisotopic (exact) mass is 566 g/mol. The average molecular weight is 567 g/mol. The van der Waals surface area contributed by atoms with Gasteiger partial charge in [0.2, 0.25) is 0 Å². The summed E-state index contributed by atoms with van der Waals surface area (Å²) in [6.45, 7) is 24.6. The van der Waals surface area contributed by atoms with E-state index in [-0.39, 0.29) is 5.63 Å². The summed E-state index contributed by atoms with van der Waals surface area (Å²) in [6, 6.07) is 16.0. The summed E-state index contributed by atoms with van der Waals surface area (Å²) in [5.74, 6) is 0. The topological polar surface area (TPSA) is 49.8 Å². The first-order valence-corrected chi connectivity index (χ1v) is 15.4. The predicted molar refractivity (Wildman–Crippen MR) is 178 cm³/mol. The summed E-state index contributed by atoms with van der Waals surface area (Å²) in [4.78, 5) is 16.0. The molecule has 0 saturated carbocycles. The van der Waals surface area contributed by atoms with Gasteiger partial charge >= 0.3 is 5.63 Å². The lowest BCUT2D eigenvalue weighted by atomic mass is 10.1. The fourth-order valence-electron chi connectivity index (χ4n) is 4.59. The predicted octanol–water partition coefficient (Wildman–Crippen LogP) is 9.82. The Bertz CT molecular complexity index is 1310. The first-order chi connectivity index (χ1) is 19.4. The second kappa shape index (κ2) is 18.3. The largest absolute Gasteiger partial charge is 0.445 e. The van der Waals surface area contributed by atoms with Gasteiger partial charge in [-0.3, -0.25) is 0 Å². The van der Waals surface area contributed by atoms with E-state index in [0.717, 1.165) is 61.2 Å². The van der Waals surface area contributed by atoms with Crippen molar-refractivity contribution in [2.75, 3.05) is 36.0 Å². The lowest BCUT2D eigenvalue weighted by Crippen LogP contribution is -2.21. The maximum absolute atomic E-state index is 11.5. The highest BCUT2D eigenvalue weighted by atomic mass is 32.1. The van der Waals surface area contributed by atoms with Crippen LogP contribution in [0.15, 0.2) is 62.2 Å². The first kappa shape index (κ1) is 34.9. The maximum Gasteiger partial charge on any atom is 0.336 e. The average Bonchev–Trinajstić information content (AvgIpc) is 2.99. The lowest BCUT2D eigenvalue weighted by molar-refractivity contribution is 0.559. The molecule has 0 bridgehead atoms. The molecule has 0 amide bonds. The first-order valence-electron chi connectivity index (χ1n) is 15.0. The maximum atomic E-state index is 11.5. The Morgan fingerprint density at radius 1 is 0.600 bits per heavy atom. The molecule has 4 rings (SSSR count). The van der Waals surface area contributed by atoms with Gasteiger partial charge < -0.3 is 18.6 Å². The van der Waals surface area contributed by atoms with Crippen molar-refractivity contribution in [3.8, 4) is 0 Å². The Hall–Kier alpha value is -3.12. The fraction of sp³-hybridized carbons (Fsp3) is 0.471. The van der Waals surface area contributed by atoms with E-state index in [4.69, 9.17) is 21.1 Å². The second-order valence-electron chi connectivity index (χ2n) is 8.59. The number of benzene rings is 2. The molecule has 0 aliphatic rings. The van der Waals surface area contributed by atoms with Gasteiger partial charge in [-0.15, -0.1) is 0 Å². The van der Waals surface area contributed by atoms with Gasteiger partial charge in [0.1, 0.15) is 11.2 Å². The van der Waals surface area contributed by atoms with Crippen molar-refractivity contribution in [1.29, 1.82) is 0 Å². The molecule has 0 spiro atoms. The van der Waals surface area contributed by atoms with Crippen molar-refractivity contribution >= 4 is 45.5 Å². The van der Waals surface area contributed by atoms with Crippen LogP contribution in [0.4, 0.5) is 11.4 Å². The lowest BCUT2D eigenvalue weighted by Gasteiger charge is -2.21. The van der Waals surface area contributed by atoms with Crippen LogP contribution in [0, 0.1) is 4.71 Å². The fourth-order valence-corrected chi connectivity index (χ4v) is 4.83. The molecule has 0 fully saturated rings. The van der Waals surface area contributed by atoms with Crippen LogP contribution in [0.5, 0.6) is 0 Å². The number of hydrogen-bond donors (Lipinski definition) is 0. The van der Waals surface area contributed by atoms with E-state index in [0.29, 0.717) is 10.3 Å². The number of hydrogen-bond acceptors (Lipinski definition) is 6. The van der Waals surface area contributed by atoms with E-state index >= 15 is 0 Å². The third kappa shape index (κ3) is 8.95. The van der Waals surface area contributed by atoms with E-state index in [9.17, 15) is 4.79 Å². The Morgan fingerprint density at radius 2 is 1.00 bits per heavy atom. The van der Waals surface area contributed by atoms with Crippen LogP contribution in [0.25, 0.3) is 21.9 Å². The Morgan fingerprint density at radius 3 is 1.40 bits per heavy atom. The van der Waals surface area contributed by atoms with Crippen molar-refractivity contribution < 1.29 is 8.83 Å². The van der Waals surface area contributed by atoms with Gasteiger partial charge in [-0.2, -0.15) is 0 Å². The van der Waals surface area contributed by atoms with Crippen LogP contribution in [-0.4, -0.2) is 26.2 Å². The highest BCUT2D eigenvalue weighted by molar-refractivity contribution is 7.71. The molecule has 4 aromatic rings.